The summed E-state index contributed by atoms with van der Waals surface area (Å²) in [5.74, 6) is -0.299. The molecule has 152 valence electrons. The van der Waals surface area contributed by atoms with Crippen molar-refractivity contribution in [3.05, 3.63) is 44.9 Å². The number of aromatic nitrogens is 4. The number of nitrogen functional groups attached to an aromatic ring is 1. The Labute approximate surface area is 163 Å². The molecule has 0 fully saturated rings. The lowest BCUT2D eigenvalue weighted by molar-refractivity contribution is -0.114. The van der Waals surface area contributed by atoms with E-state index in [4.69, 9.17) is 5.73 Å². The minimum Gasteiger partial charge on any atom is -0.383 e. The molecule has 1 amide bonds. The van der Waals surface area contributed by atoms with Crippen molar-refractivity contribution in [1.29, 1.82) is 0 Å². The Morgan fingerprint density at radius 3 is 2.68 bits per heavy atom. The van der Waals surface area contributed by atoms with Gasteiger partial charge in [0.2, 0.25) is 0 Å². The van der Waals surface area contributed by atoms with Gasteiger partial charge in [-0.25, -0.2) is 4.79 Å². The van der Waals surface area contributed by atoms with Gasteiger partial charge in [0.25, 0.3) is 11.5 Å². The molecule has 0 spiro atoms. The van der Waals surface area contributed by atoms with Crippen molar-refractivity contribution in [2.24, 2.45) is 13.0 Å². The van der Waals surface area contributed by atoms with E-state index in [9.17, 15) is 14.4 Å². The van der Waals surface area contributed by atoms with Crippen LogP contribution >= 0.6 is 0 Å². The van der Waals surface area contributed by atoms with Crippen molar-refractivity contribution in [3.8, 4) is 0 Å². The lowest BCUT2D eigenvalue weighted by atomic mass is 10.2. The van der Waals surface area contributed by atoms with E-state index in [2.05, 4.69) is 10.1 Å². The maximum absolute atomic E-state index is 12.9. The Kier molecular flexibility index (Phi) is 6.97. The summed E-state index contributed by atoms with van der Waals surface area (Å²) in [7, 11) is 1.78. The molecule has 0 saturated heterocycles. The fourth-order valence-electron chi connectivity index (χ4n) is 2.82. The summed E-state index contributed by atoms with van der Waals surface area (Å²) in [4.78, 5) is 41.2. The van der Waals surface area contributed by atoms with Crippen LogP contribution in [0.15, 0.2) is 28.1 Å². The maximum atomic E-state index is 12.9. The number of aromatic amines is 1. The number of H-pyrrole nitrogens is 1. The standard InChI is InChI=1S/C19H28N6O3/c1-5-6-9-24-17(20)16(18(27)22-19(24)28)25(11-13(2)3)15(26)8-7-14-10-21-23(4)12-14/h7-8,10,12-13H,5-6,9,11,20H2,1-4H3,(H,22,27,28)/b8-7-. The maximum Gasteiger partial charge on any atom is 0.330 e. The van der Waals surface area contributed by atoms with Crippen LogP contribution in [0.25, 0.3) is 6.08 Å². The van der Waals surface area contributed by atoms with E-state index >= 15 is 0 Å². The predicted octanol–water partition coefficient (Wildman–Crippen LogP) is 1.35. The SMILES string of the molecule is CCCCn1c(N)c(N(CC(C)C)C(=O)/C=C\c2cnn(C)c2)c(=O)[nH]c1=O. The van der Waals surface area contributed by atoms with Gasteiger partial charge in [-0.1, -0.05) is 27.2 Å². The van der Waals surface area contributed by atoms with Crippen LogP contribution in [0.1, 0.15) is 39.2 Å². The Morgan fingerprint density at radius 2 is 2.11 bits per heavy atom. The minimum atomic E-state index is -0.668. The summed E-state index contributed by atoms with van der Waals surface area (Å²) in [5.41, 5.74) is 5.69. The molecule has 2 rings (SSSR count). The lowest BCUT2D eigenvalue weighted by Gasteiger charge is -2.25. The van der Waals surface area contributed by atoms with Crippen LogP contribution in [0.5, 0.6) is 0 Å². The van der Waals surface area contributed by atoms with E-state index < -0.39 is 17.2 Å². The number of nitrogens with one attached hydrogen (secondary N) is 1. The predicted molar refractivity (Wildman–Crippen MR) is 110 cm³/mol. The van der Waals surface area contributed by atoms with Gasteiger partial charge in [0.15, 0.2) is 5.69 Å². The van der Waals surface area contributed by atoms with E-state index in [-0.39, 0.29) is 24.0 Å². The minimum absolute atomic E-state index is 0.00485. The molecule has 0 radical (unpaired) electrons. The Hall–Kier alpha value is -3.10. The fourth-order valence-corrected chi connectivity index (χ4v) is 2.82. The third-order valence-corrected chi connectivity index (χ3v) is 4.18. The summed E-state index contributed by atoms with van der Waals surface area (Å²) in [6.07, 6.45) is 7.99. The van der Waals surface area contributed by atoms with Gasteiger partial charge in [-0.05, 0) is 18.4 Å². The molecule has 0 aliphatic heterocycles. The third-order valence-electron chi connectivity index (χ3n) is 4.18. The number of aryl methyl sites for hydroxylation is 1. The molecule has 0 aromatic carbocycles. The quantitative estimate of drug-likeness (QED) is 0.662. The van der Waals surface area contributed by atoms with Crippen LogP contribution in [-0.2, 0) is 18.4 Å². The highest BCUT2D eigenvalue weighted by atomic mass is 16.2. The Balaban J connectivity index is 2.47. The summed E-state index contributed by atoms with van der Waals surface area (Å²) in [6, 6.07) is 0. The zero-order valence-electron chi connectivity index (χ0n) is 16.8. The fraction of sp³-hybridized carbons (Fsp3) is 0.474. The highest BCUT2D eigenvalue weighted by molar-refractivity contribution is 6.05. The first-order valence-corrected chi connectivity index (χ1v) is 9.35. The topological polar surface area (TPSA) is 119 Å². The molecule has 3 N–H and O–H groups in total. The molecule has 2 aromatic rings. The zero-order valence-corrected chi connectivity index (χ0v) is 16.8. The molecule has 0 saturated carbocycles. The monoisotopic (exact) mass is 388 g/mol. The van der Waals surface area contributed by atoms with Gasteiger partial charge in [-0.2, -0.15) is 5.10 Å². The van der Waals surface area contributed by atoms with Gasteiger partial charge >= 0.3 is 5.69 Å². The number of carbonyl (C=O) groups excluding carboxylic acids is 1. The van der Waals surface area contributed by atoms with Crippen LogP contribution in [0.2, 0.25) is 0 Å². The largest absolute Gasteiger partial charge is 0.383 e. The number of amides is 1. The molecule has 28 heavy (non-hydrogen) atoms. The van der Waals surface area contributed by atoms with Crippen LogP contribution in [0.3, 0.4) is 0 Å². The zero-order chi connectivity index (χ0) is 20.8. The van der Waals surface area contributed by atoms with Crippen LogP contribution in [0, 0.1) is 5.92 Å². The number of hydrogen-bond donors (Lipinski definition) is 2. The highest BCUT2D eigenvalue weighted by Crippen LogP contribution is 2.19. The van der Waals surface area contributed by atoms with Crippen molar-refractivity contribution in [1.82, 2.24) is 19.3 Å². The average Bonchev–Trinajstić information content (AvgIpc) is 3.03. The second kappa shape index (κ2) is 9.20. The number of unbranched alkanes of at least 4 members (excludes halogenated alkanes) is 1. The van der Waals surface area contributed by atoms with Gasteiger partial charge in [0.1, 0.15) is 5.82 Å². The first kappa shape index (κ1) is 21.2. The molecule has 0 atom stereocenters. The van der Waals surface area contributed by atoms with Crippen molar-refractivity contribution < 1.29 is 4.79 Å². The molecular formula is C19H28N6O3. The van der Waals surface area contributed by atoms with Crippen molar-refractivity contribution in [2.75, 3.05) is 17.2 Å². The van der Waals surface area contributed by atoms with Gasteiger partial charge < -0.3 is 10.6 Å². The van der Waals surface area contributed by atoms with Crippen LogP contribution in [0.4, 0.5) is 11.5 Å². The van der Waals surface area contributed by atoms with E-state index in [0.29, 0.717) is 6.54 Å². The number of carbonyl (C=O) groups is 1. The summed E-state index contributed by atoms with van der Waals surface area (Å²) < 4.78 is 2.94. The number of anilines is 2. The van der Waals surface area contributed by atoms with E-state index in [0.717, 1.165) is 18.4 Å². The number of nitrogens with two attached hydrogens (primary N) is 1. The van der Waals surface area contributed by atoms with Crippen molar-refractivity contribution >= 4 is 23.5 Å². The molecule has 2 heterocycles. The van der Waals surface area contributed by atoms with Gasteiger partial charge in [0, 0.05) is 38.0 Å². The van der Waals surface area contributed by atoms with Gasteiger partial charge in [0.05, 0.1) is 6.20 Å². The molecule has 0 aliphatic rings. The van der Waals surface area contributed by atoms with E-state index in [1.54, 1.807) is 30.2 Å². The van der Waals surface area contributed by atoms with Crippen molar-refractivity contribution in [3.63, 3.8) is 0 Å². The summed E-state index contributed by atoms with van der Waals surface area (Å²) in [6.45, 7) is 6.52. The summed E-state index contributed by atoms with van der Waals surface area (Å²) in [5, 5.41) is 4.05. The molecule has 9 heteroatoms. The van der Waals surface area contributed by atoms with E-state index in [1.807, 2.05) is 20.8 Å². The molecular weight excluding hydrogens is 360 g/mol. The van der Waals surface area contributed by atoms with Crippen LogP contribution < -0.4 is 21.9 Å². The Bertz CT molecular complexity index is 967. The molecule has 2 aromatic heterocycles. The average molecular weight is 388 g/mol. The second-order valence-corrected chi connectivity index (χ2v) is 7.12. The highest BCUT2D eigenvalue weighted by Gasteiger charge is 2.23. The number of nitrogens with zero attached hydrogens (tertiary/aromatic N) is 4. The summed E-state index contributed by atoms with van der Waals surface area (Å²) >= 11 is 0. The smallest absolute Gasteiger partial charge is 0.330 e. The first-order valence-electron chi connectivity index (χ1n) is 9.35. The molecule has 0 bridgehead atoms. The Morgan fingerprint density at radius 1 is 1.39 bits per heavy atom. The number of rotatable bonds is 8. The van der Waals surface area contributed by atoms with E-state index in [1.165, 1.54) is 15.5 Å². The normalized spacial score (nSPS) is 11.5. The number of hydrogen-bond acceptors (Lipinski definition) is 5. The van der Waals surface area contributed by atoms with Gasteiger partial charge in [-0.3, -0.25) is 23.8 Å². The molecule has 0 unspecified atom stereocenters. The van der Waals surface area contributed by atoms with Crippen LogP contribution in [-0.4, -0.2) is 31.8 Å². The van der Waals surface area contributed by atoms with Crippen molar-refractivity contribution in [2.45, 2.75) is 40.2 Å². The molecule has 9 nitrogen and oxygen atoms in total. The lowest BCUT2D eigenvalue weighted by Crippen LogP contribution is -2.42. The first-order chi connectivity index (χ1) is 13.2. The third kappa shape index (κ3) is 4.99. The van der Waals surface area contributed by atoms with Gasteiger partial charge in [-0.15, -0.1) is 0 Å². The molecule has 0 aliphatic carbocycles. The second-order valence-electron chi connectivity index (χ2n) is 7.12.